The van der Waals surface area contributed by atoms with Gasteiger partial charge in [0.1, 0.15) is 5.75 Å². The third-order valence-electron chi connectivity index (χ3n) is 5.05. The highest BCUT2D eigenvalue weighted by molar-refractivity contribution is 5.85. The molecule has 0 radical (unpaired) electrons. The van der Waals surface area contributed by atoms with Crippen LogP contribution < -0.4 is 15.8 Å². The van der Waals surface area contributed by atoms with E-state index in [0.29, 0.717) is 6.54 Å². The van der Waals surface area contributed by atoms with Crippen LogP contribution in [0.15, 0.2) is 24.3 Å². The lowest BCUT2D eigenvalue weighted by molar-refractivity contribution is -0.122. The number of nitrogens with two attached hydrogens (primary N) is 1. The first-order valence-corrected chi connectivity index (χ1v) is 8.79. The van der Waals surface area contributed by atoms with E-state index < -0.39 is 6.04 Å². The Morgan fingerprint density at radius 3 is 2.42 bits per heavy atom. The van der Waals surface area contributed by atoms with Crippen LogP contribution in [0.1, 0.15) is 57.4 Å². The molecule has 1 aliphatic rings. The molecule has 1 fully saturated rings. The Morgan fingerprint density at radius 1 is 1.25 bits per heavy atom. The summed E-state index contributed by atoms with van der Waals surface area (Å²) in [5.74, 6) is 0.846. The highest BCUT2D eigenvalue weighted by Crippen LogP contribution is 2.39. The maximum atomic E-state index is 12.2. The summed E-state index contributed by atoms with van der Waals surface area (Å²) in [5, 5.41) is 3.11. The van der Waals surface area contributed by atoms with Gasteiger partial charge >= 0.3 is 0 Å². The van der Waals surface area contributed by atoms with E-state index in [2.05, 4.69) is 17.4 Å². The summed E-state index contributed by atoms with van der Waals surface area (Å²) in [7, 11) is 1.68. The predicted octanol–water partition coefficient (Wildman–Crippen LogP) is 3.56. The van der Waals surface area contributed by atoms with Gasteiger partial charge in [-0.25, -0.2) is 0 Å². The third-order valence-corrected chi connectivity index (χ3v) is 5.05. The summed E-state index contributed by atoms with van der Waals surface area (Å²) in [5.41, 5.74) is 7.26. The zero-order valence-electron chi connectivity index (χ0n) is 14.8. The molecule has 0 heterocycles. The highest BCUT2D eigenvalue weighted by Gasteiger charge is 2.34. The van der Waals surface area contributed by atoms with Crippen LogP contribution in [0.4, 0.5) is 0 Å². The number of carbonyl (C=O) groups excluding carboxylic acids is 1. The number of nitrogens with one attached hydrogen (secondary N) is 1. The monoisotopic (exact) mass is 354 g/mol. The molecule has 1 unspecified atom stereocenters. The molecule has 3 N–H and O–H groups in total. The number of amides is 1. The fourth-order valence-electron chi connectivity index (χ4n) is 3.57. The van der Waals surface area contributed by atoms with Crippen molar-refractivity contribution >= 4 is 18.3 Å². The van der Waals surface area contributed by atoms with Gasteiger partial charge in [0.05, 0.1) is 13.2 Å². The van der Waals surface area contributed by atoms with Gasteiger partial charge in [-0.2, -0.15) is 0 Å². The van der Waals surface area contributed by atoms with E-state index in [9.17, 15) is 4.79 Å². The van der Waals surface area contributed by atoms with Gasteiger partial charge in [-0.1, -0.05) is 44.7 Å². The molecule has 1 atom stereocenters. The third kappa shape index (κ3) is 5.12. The Labute approximate surface area is 151 Å². The molecular weight excluding hydrogens is 324 g/mol. The summed E-state index contributed by atoms with van der Waals surface area (Å²) >= 11 is 0. The van der Waals surface area contributed by atoms with Crippen LogP contribution in [0.5, 0.6) is 5.75 Å². The predicted molar refractivity (Wildman–Crippen MR) is 101 cm³/mol. The number of carbonyl (C=O) groups is 1. The molecule has 4 nitrogen and oxygen atoms in total. The van der Waals surface area contributed by atoms with Crippen molar-refractivity contribution < 1.29 is 9.53 Å². The first-order chi connectivity index (χ1) is 11.1. The van der Waals surface area contributed by atoms with Gasteiger partial charge in [-0.05, 0) is 37.0 Å². The number of methoxy groups -OCH3 is 1. The van der Waals surface area contributed by atoms with Crippen molar-refractivity contribution in [1.29, 1.82) is 0 Å². The molecule has 0 aliphatic heterocycles. The van der Waals surface area contributed by atoms with E-state index in [0.717, 1.165) is 31.4 Å². The first kappa shape index (κ1) is 20.8. The fourth-order valence-corrected chi connectivity index (χ4v) is 3.57. The Balaban J connectivity index is 0.00000288. The smallest absolute Gasteiger partial charge is 0.236 e. The second-order valence-electron chi connectivity index (χ2n) is 6.68. The SMILES string of the molecule is CCCC(N)C(=O)NCC1(c2ccc(OC)cc2)CCCCC1.Cl. The largest absolute Gasteiger partial charge is 0.497 e. The van der Waals surface area contributed by atoms with E-state index in [1.54, 1.807) is 7.11 Å². The molecule has 24 heavy (non-hydrogen) atoms. The molecule has 0 aromatic heterocycles. The fraction of sp³-hybridized carbons (Fsp3) is 0.632. The van der Waals surface area contributed by atoms with E-state index in [-0.39, 0.29) is 23.7 Å². The molecule has 1 aromatic rings. The van der Waals surface area contributed by atoms with E-state index >= 15 is 0 Å². The Hall–Kier alpha value is -1.26. The molecule has 0 spiro atoms. The minimum Gasteiger partial charge on any atom is -0.497 e. The lowest BCUT2D eigenvalue weighted by Gasteiger charge is -2.38. The number of rotatable bonds is 7. The highest BCUT2D eigenvalue weighted by atomic mass is 35.5. The Morgan fingerprint density at radius 2 is 1.88 bits per heavy atom. The molecule has 2 rings (SSSR count). The van der Waals surface area contributed by atoms with Gasteiger partial charge in [-0.3, -0.25) is 4.79 Å². The molecule has 1 aliphatic carbocycles. The standard InChI is InChI=1S/C19H30N2O2.ClH/c1-3-7-17(20)18(22)21-14-19(12-5-4-6-13-19)15-8-10-16(23-2)11-9-15;/h8-11,17H,3-7,12-14,20H2,1-2H3,(H,21,22);1H. The van der Waals surface area contributed by atoms with Crippen molar-refractivity contribution in [1.82, 2.24) is 5.32 Å². The summed E-state index contributed by atoms with van der Waals surface area (Å²) < 4.78 is 5.26. The quantitative estimate of drug-likeness (QED) is 0.786. The van der Waals surface area contributed by atoms with Crippen molar-refractivity contribution in [2.45, 2.75) is 63.3 Å². The molecule has 136 valence electrons. The molecule has 0 bridgehead atoms. The second-order valence-corrected chi connectivity index (χ2v) is 6.68. The van der Waals surface area contributed by atoms with Gasteiger partial charge in [0, 0.05) is 12.0 Å². The molecule has 1 aromatic carbocycles. The van der Waals surface area contributed by atoms with Crippen molar-refractivity contribution in [3.63, 3.8) is 0 Å². The minimum atomic E-state index is -0.392. The van der Waals surface area contributed by atoms with Gasteiger partial charge in [-0.15, -0.1) is 12.4 Å². The summed E-state index contributed by atoms with van der Waals surface area (Å²) in [6.45, 7) is 2.72. The van der Waals surface area contributed by atoms with Crippen LogP contribution in [0.3, 0.4) is 0 Å². The first-order valence-electron chi connectivity index (χ1n) is 8.79. The van der Waals surface area contributed by atoms with E-state index in [1.807, 2.05) is 19.1 Å². The normalized spacial score (nSPS) is 17.5. The molecule has 1 saturated carbocycles. The zero-order valence-corrected chi connectivity index (χ0v) is 15.7. The maximum Gasteiger partial charge on any atom is 0.236 e. The van der Waals surface area contributed by atoms with E-state index in [1.165, 1.54) is 24.8 Å². The number of hydrogen-bond acceptors (Lipinski definition) is 3. The molecule has 0 saturated heterocycles. The van der Waals surface area contributed by atoms with Crippen molar-refractivity contribution in [2.75, 3.05) is 13.7 Å². The summed E-state index contributed by atoms with van der Waals surface area (Å²) in [6, 6.07) is 7.91. The Kier molecular flexibility index (Phi) is 8.57. The van der Waals surface area contributed by atoms with Crippen LogP contribution in [0, 0.1) is 0 Å². The van der Waals surface area contributed by atoms with Crippen molar-refractivity contribution in [2.24, 2.45) is 5.73 Å². The minimum absolute atomic E-state index is 0. The summed E-state index contributed by atoms with van der Waals surface area (Å²) in [4.78, 5) is 12.2. The molecular formula is C19H31ClN2O2. The van der Waals surface area contributed by atoms with Crippen LogP contribution >= 0.6 is 12.4 Å². The van der Waals surface area contributed by atoms with E-state index in [4.69, 9.17) is 10.5 Å². The van der Waals surface area contributed by atoms with Crippen LogP contribution in [-0.2, 0) is 10.2 Å². The Bertz CT molecular complexity index is 499. The van der Waals surface area contributed by atoms with Crippen molar-refractivity contribution in [3.05, 3.63) is 29.8 Å². The van der Waals surface area contributed by atoms with Crippen LogP contribution in [0.25, 0.3) is 0 Å². The number of hydrogen-bond donors (Lipinski definition) is 2. The number of halogens is 1. The average molecular weight is 355 g/mol. The topological polar surface area (TPSA) is 64.4 Å². The lowest BCUT2D eigenvalue weighted by Crippen LogP contribution is -2.47. The van der Waals surface area contributed by atoms with Crippen LogP contribution in [-0.4, -0.2) is 25.6 Å². The zero-order chi connectivity index (χ0) is 16.7. The lowest BCUT2D eigenvalue weighted by atomic mass is 9.69. The number of ether oxygens (including phenoxy) is 1. The maximum absolute atomic E-state index is 12.2. The van der Waals surface area contributed by atoms with Gasteiger partial charge < -0.3 is 15.8 Å². The van der Waals surface area contributed by atoms with Crippen LogP contribution in [0.2, 0.25) is 0 Å². The second kappa shape index (κ2) is 9.90. The summed E-state index contributed by atoms with van der Waals surface area (Å²) in [6.07, 6.45) is 7.60. The number of benzene rings is 1. The van der Waals surface area contributed by atoms with Gasteiger partial charge in [0.25, 0.3) is 0 Å². The van der Waals surface area contributed by atoms with Gasteiger partial charge in [0.15, 0.2) is 0 Å². The molecule has 5 heteroatoms. The van der Waals surface area contributed by atoms with Crippen molar-refractivity contribution in [3.8, 4) is 5.75 Å². The molecule has 1 amide bonds. The van der Waals surface area contributed by atoms with Gasteiger partial charge in [0.2, 0.25) is 5.91 Å². The average Bonchev–Trinajstić information content (AvgIpc) is 2.60.